The van der Waals surface area contributed by atoms with E-state index in [1.165, 1.54) is 12.1 Å². The molecular formula is C15H12ClF3O2. The van der Waals surface area contributed by atoms with Gasteiger partial charge >= 0.3 is 12.1 Å². The predicted molar refractivity (Wildman–Crippen MR) is 74.6 cm³/mol. The minimum absolute atomic E-state index is 0.0907. The smallest absolute Gasteiger partial charge is 0.392 e. The van der Waals surface area contributed by atoms with Crippen LogP contribution >= 0.6 is 11.6 Å². The zero-order chi connectivity index (χ0) is 15.8. The van der Waals surface area contributed by atoms with Crippen LogP contribution in [0.2, 0.25) is 5.02 Å². The first-order valence-electron chi connectivity index (χ1n) is 6.19. The van der Waals surface area contributed by atoms with Gasteiger partial charge in [0.1, 0.15) is 0 Å². The van der Waals surface area contributed by atoms with Crippen LogP contribution in [0.4, 0.5) is 13.2 Å². The van der Waals surface area contributed by atoms with Gasteiger partial charge in [0.2, 0.25) is 0 Å². The summed E-state index contributed by atoms with van der Waals surface area (Å²) >= 11 is 6.01. The van der Waals surface area contributed by atoms with E-state index in [1.54, 1.807) is 24.3 Å². The van der Waals surface area contributed by atoms with Gasteiger partial charge in [-0.15, -0.1) is 0 Å². The van der Waals surface area contributed by atoms with Crippen LogP contribution in [0, 0.1) is 5.92 Å². The third kappa shape index (κ3) is 3.13. The second kappa shape index (κ2) is 5.56. The Bertz CT molecular complexity index is 682. The number of hydrogen-bond donors (Lipinski definition) is 1. The molecule has 0 bridgehead atoms. The topological polar surface area (TPSA) is 37.3 Å². The van der Waals surface area contributed by atoms with Crippen LogP contribution in [0.3, 0.4) is 0 Å². The van der Waals surface area contributed by atoms with Gasteiger partial charge in [0, 0.05) is 10.4 Å². The molecule has 0 aliphatic rings. The first-order chi connectivity index (χ1) is 9.71. The quantitative estimate of drug-likeness (QED) is 0.878. The molecule has 1 N–H and O–H groups in total. The van der Waals surface area contributed by atoms with Gasteiger partial charge in [-0.05, 0) is 23.1 Å². The number of carboxylic acids is 1. The Balaban J connectivity index is 2.56. The van der Waals surface area contributed by atoms with E-state index in [0.29, 0.717) is 10.4 Å². The summed E-state index contributed by atoms with van der Waals surface area (Å²) < 4.78 is 38.5. The van der Waals surface area contributed by atoms with Crippen molar-refractivity contribution in [2.75, 3.05) is 0 Å². The number of alkyl halides is 3. The molecule has 2 aromatic rings. The van der Waals surface area contributed by atoms with Crippen molar-refractivity contribution in [3.05, 3.63) is 47.0 Å². The second-order valence-corrected chi connectivity index (χ2v) is 5.27. The van der Waals surface area contributed by atoms with Crippen LogP contribution in [-0.4, -0.2) is 17.3 Å². The fourth-order valence-electron chi connectivity index (χ4n) is 2.28. The highest BCUT2D eigenvalue weighted by atomic mass is 35.5. The molecule has 0 saturated carbocycles. The van der Waals surface area contributed by atoms with Crippen LogP contribution in [0.1, 0.15) is 18.4 Å². The first-order valence-corrected chi connectivity index (χ1v) is 6.57. The van der Waals surface area contributed by atoms with E-state index >= 15 is 0 Å². The fourth-order valence-corrected chi connectivity index (χ4v) is 2.52. The van der Waals surface area contributed by atoms with Crippen molar-refractivity contribution in [1.82, 2.24) is 0 Å². The lowest BCUT2D eigenvalue weighted by Crippen LogP contribution is -2.31. The molecule has 2 aromatic carbocycles. The Labute approximate surface area is 124 Å². The lowest BCUT2D eigenvalue weighted by Gasteiger charge is -2.23. The van der Waals surface area contributed by atoms with E-state index in [2.05, 4.69) is 0 Å². The molecular weight excluding hydrogens is 305 g/mol. The molecule has 0 heterocycles. The fraction of sp³-hybridized carbons (Fsp3) is 0.267. The van der Waals surface area contributed by atoms with Gasteiger partial charge in [-0.25, -0.2) is 0 Å². The highest BCUT2D eigenvalue weighted by Crippen LogP contribution is 2.38. The van der Waals surface area contributed by atoms with Gasteiger partial charge < -0.3 is 5.11 Å². The maximum atomic E-state index is 12.8. The van der Waals surface area contributed by atoms with Gasteiger partial charge in [-0.1, -0.05) is 42.8 Å². The van der Waals surface area contributed by atoms with Crippen LogP contribution in [0.5, 0.6) is 0 Å². The summed E-state index contributed by atoms with van der Waals surface area (Å²) in [4.78, 5) is 11.3. The maximum Gasteiger partial charge on any atom is 0.392 e. The molecule has 0 fully saturated rings. The summed E-state index contributed by atoms with van der Waals surface area (Å²) in [5, 5.41) is 10.8. The number of benzene rings is 2. The zero-order valence-corrected chi connectivity index (χ0v) is 11.7. The largest absolute Gasteiger partial charge is 0.481 e. The number of carboxylic acid groups (broad SMARTS) is 1. The Morgan fingerprint density at radius 2 is 1.90 bits per heavy atom. The Morgan fingerprint density at radius 3 is 2.48 bits per heavy atom. The van der Waals surface area contributed by atoms with Crippen molar-refractivity contribution in [2.45, 2.75) is 19.0 Å². The van der Waals surface area contributed by atoms with Crippen molar-refractivity contribution in [3.63, 3.8) is 0 Å². The molecule has 6 heteroatoms. The summed E-state index contributed by atoms with van der Waals surface area (Å²) in [5.41, 5.74) is 0.0907. The molecule has 0 spiro atoms. The lowest BCUT2D eigenvalue weighted by atomic mass is 9.86. The molecule has 0 aromatic heterocycles. The van der Waals surface area contributed by atoms with E-state index in [9.17, 15) is 18.0 Å². The monoisotopic (exact) mass is 316 g/mol. The second-order valence-electron chi connectivity index (χ2n) is 4.87. The maximum absolute atomic E-state index is 12.8. The zero-order valence-electron chi connectivity index (χ0n) is 11.0. The minimum atomic E-state index is -4.58. The lowest BCUT2D eigenvalue weighted by molar-refractivity contribution is -0.183. The van der Waals surface area contributed by atoms with Gasteiger partial charge in [0.25, 0.3) is 0 Å². The number of rotatable bonds is 3. The number of aliphatic carboxylic acids is 1. The van der Waals surface area contributed by atoms with Crippen molar-refractivity contribution >= 4 is 28.3 Å². The Hall–Kier alpha value is -1.75. The summed E-state index contributed by atoms with van der Waals surface area (Å²) in [5.74, 6) is -5.16. The molecule has 0 radical (unpaired) electrons. The molecule has 0 aliphatic heterocycles. The van der Waals surface area contributed by atoms with Gasteiger partial charge in [0.15, 0.2) is 0 Å². The van der Waals surface area contributed by atoms with Crippen LogP contribution in [0.15, 0.2) is 36.4 Å². The molecule has 0 aliphatic carbocycles. The van der Waals surface area contributed by atoms with E-state index in [0.717, 1.165) is 12.3 Å². The minimum Gasteiger partial charge on any atom is -0.481 e. The number of carbonyl (C=O) groups is 1. The molecule has 0 amide bonds. The van der Waals surface area contributed by atoms with Crippen molar-refractivity contribution in [2.24, 2.45) is 5.92 Å². The Morgan fingerprint density at radius 1 is 1.24 bits per heavy atom. The van der Waals surface area contributed by atoms with Crippen LogP contribution < -0.4 is 0 Å². The summed E-state index contributed by atoms with van der Waals surface area (Å²) in [6.07, 6.45) is -4.58. The van der Waals surface area contributed by atoms with Crippen molar-refractivity contribution in [3.8, 4) is 0 Å². The Kier molecular flexibility index (Phi) is 4.14. The van der Waals surface area contributed by atoms with Gasteiger partial charge in [-0.2, -0.15) is 13.2 Å². The third-order valence-corrected chi connectivity index (χ3v) is 3.82. The standard InChI is InChI=1S/C15H12ClF3O2/c1-8(15(17,18)19)13(14(20)21)10-6-5-9-3-2-4-12(16)11(9)7-10/h2-8,13H,1H3,(H,20,21)/t8-,13?/m1/s1. The van der Waals surface area contributed by atoms with E-state index < -0.39 is 24.0 Å². The summed E-state index contributed by atoms with van der Waals surface area (Å²) in [6, 6.07) is 9.48. The molecule has 2 rings (SSSR count). The van der Waals surface area contributed by atoms with Crippen LogP contribution in [0.25, 0.3) is 10.8 Å². The van der Waals surface area contributed by atoms with Gasteiger partial charge in [0.05, 0.1) is 11.8 Å². The SMILES string of the molecule is C[C@H](C(C(=O)O)c1ccc2cccc(Cl)c2c1)C(F)(F)F. The average molecular weight is 317 g/mol. The molecule has 0 saturated heterocycles. The molecule has 2 atom stereocenters. The number of halogens is 4. The number of fused-ring (bicyclic) bond motifs is 1. The van der Waals surface area contributed by atoms with E-state index in [4.69, 9.17) is 16.7 Å². The van der Waals surface area contributed by atoms with Crippen molar-refractivity contribution in [1.29, 1.82) is 0 Å². The van der Waals surface area contributed by atoms with Crippen LogP contribution in [-0.2, 0) is 4.79 Å². The molecule has 112 valence electrons. The number of hydrogen-bond acceptors (Lipinski definition) is 1. The van der Waals surface area contributed by atoms with E-state index in [-0.39, 0.29) is 5.56 Å². The third-order valence-electron chi connectivity index (χ3n) is 3.49. The predicted octanol–water partition coefficient (Wildman–Crippen LogP) is 4.86. The molecule has 2 nitrogen and oxygen atoms in total. The molecule has 21 heavy (non-hydrogen) atoms. The highest BCUT2D eigenvalue weighted by molar-refractivity contribution is 6.35. The highest BCUT2D eigenvalue weighted by Gasteiger charge is 2.45. The molecule has 1 unspecified atom stereocenters. The van der Waals surface area contributed by atoms with Crippen molar-refractivity contribution < 1.29 is 23.1 Å². The summed E-state index contributed by atoms with van der Waals surface area (Å²) in [7, 11) is 0. The van der Waals surface area contributed by atoms with E-state index in [1.807, 2.05) is 0 Å². The average Bonchev–Trinajstić information content (AvgIpc) is 2.38. The summed E-state index contributed by atoms with van der Waals surface area (Å²) in [6.45, 7) is 0.871. The first kappa shape index (κ1) is 15.6. The normalized spacial score (nSPS) is 14.9. The van der Waals surface area contributed by atoms with Gasteiger partial charge in [-0.3, -0.25) is 4.79 Å².